The Hall–Kier alpha value is -1.66. The minimum absolute atomic E-state index is 0.235. The normalized spacial score (nSPS) is 30.6. The summed E-state index contributed by atoms with van der Waals surface area (Å²) in [5.74, 6) is 3.33. The van der Waals surface area contributed by atoms with E-state index in [0.29, 0.717) is 17.8 Å². The molecule has 2 aromatic heterocycles. The summed E-state index contributed by atoms with van der Waals surface area (Å²) in [6.45, 7) is 4.03. The van der Waals surface area contributed by atoms with E-state index in [1.54, 1.807) is 6.26 Å². The first kappa shape index (κ1) is 14.7. The molecule has 0 unspecified atom stereocenters. The standard InChI is InChI=1S/C18H23N3O3/c1-2-13(1)18-20-19-17(24-18)7-16-15-3-5-21(9-14(15)11-23-16)8-12-4-6-22-10-12/h4,6,10,13-16H,1-3,5,7-9,11H2/t14-,15+,16-/m1/s1. The zero-order valence-electron chi connectivity index (χ0n) is 13.8. The molecule has 6 nitrogen and oxygen atoms in total. The number of rotatable bonds is 5. The molecule has 128 valence electrons. The quantitative estimate of drug-likeness (QED) is 0.840. The van der Waals surface area contributed by atoms with Gasteiger partial charge in [-0.3, -0.25) is 4.90 Å². The third-order valence-corrected chi connectivity index (χ3v) is 5.65. The van der Waals surface area contributed by atoms with Gasteiger partial charge in [-0.25, -0.2) is 0 Å². The van der Waals surface area contributed by atoms with Crippen molar-refractivity contribution in [1.29, 1.82) is 0 Å². The van der Waals surface area contributed by atoms with Crippen molar-refractivity contribution < 1.29 is 13.6 Å². The molecule has 24 heavy (non-hydrogen) atoms. The summed E-state index contributed by atoms with van der Waals surface area (Å²) in [4.78, 5) is 2.51. The molecule has 1 saturated carbocycles. The van der Waals surface area contributed by atoms with Crippen LogP contribution in [-0.4, -0.2) is 40.9 Å². The van der Waals surface area contributed by atoms with Gasteiger partial charge in [-0.1, -0.05) is 0 Å². The van der Waals surface area contributed by atoms with Gasteiger partial charge in [-0.05, 0) is 37.8 Å². The molecule has 4 heterocycles. The smallest absolute Gasteiger partial charge is 0.219 e. The van der Waals surface area contributed by atoms with Crippen LogP contribution >= 0.6 is 0 Å². The molecule has 6 heteroatoms. The van der Waals surface area contributed by atoms with Gasteiger partial charge in [0.2, 0.25) is 11.8 Å². The molecule has 3 aliphatic rings. The third-order valence-electron chi connectivity index (χ3n) is 5.65. The zero-order valence-corrected chi connectivity index (χ0v) is 13.8. The number of aromatic nitrogens is 2. The predicted octanol–water partition coefficient (Wildman–Crippen LogP) is 2.62. The van der Waals surface area contributed by atoms with Crippen LogP contribution in [0.25, 0.3) is 0 Å². The van der Waals surface area contributed by atoms with Crippen molar-refractivity contribution in [1.82, 2.24) is 15.1 Å². The Morgan fingerprint density at radius 1 is 1.21 bits per heavy atom. The second-order valence-electron chi connectivity index (χ2n) is 7.46. The van der Waals surface area contributed by atoms with E-state index in [2.05, 4.69) is 15.1 Å². The highest BCUT2D eigenvalue weighted by Crippen LogP contribution is 2.40. The van der Waals surface area contributed by atoms with Gasteiger partial charge in [0.25, 0.3) is 0 Å². The molecule has 2 aliphatic heterocycles. The molecule has 2 aromatic rings. The van der Waals surface area contributed by atoms with E-state index in [9.17, 15) is 0 Å². The maximum atomic E-state index is 6.10. The van der Waals surface area contributed by atoms with Gasteiger partial charge in [0.1, 0.15) is 0 Å². The predicted molar refractivity (Wildman–Crippen MR) is 85.3 cm³/mol. The molecule has 0 N–H and O–H groups in total. The molecule has 0 spiro atoms. The van der Waals surface area contributed by atoms with Gasteiger partial charge in [-0.15, -0.1) is 10.2 Å². The van der Waals surface area contributed by atoms with E-state index in [1.807, 2.05) is 12.3 Å². The second-order valence-corrected chi connectivity index (χ2v) is 7.46. The maximum Gasteiger partial charge on any atom is 0.219 e. The number of piperidine rings is 1. The summed E-state index contributed by atoms with van der Waals surface area (Å²) in [6.07, 6.45) is 8.15. The monoisotopic (exact) mass is 329 g/mol. The molecule has 3 fully saturated rings. The van der Waals surface area contributed by atoms with Crippen molar-refractivity contribution in [2.75, 3.05) is 19.7 Å². The van der Waals surface area contributed by atoms with Crippen LogP contribution in [0.1, 0.15) is 42.5 Å². The third kappa shape index (κ3) is 2.89. The van der Waals surface area contributed by atoms with E-state index < -0.39 is 0 Å². The van der Waals surface area contributed by atoms with Crippen LogP contribution in [0.4, 0.5) is 0 Å². The lowest BCUT2D eigenvalue weighted by atomic mass is 9.83. The van der Waals surface area contributed by atoms with Crippen LogP contribution in [0.2, 0.25) is 0 Å². The van der Waals surface area contributed by atoms with E-state index in [4.69, 9.17) is 13.6 Å². The van der Waals surface area contributed by atoms with Crippen molar-refractivity contribution >= 4 is 0 Å². The van der Waals surface area contributed by atoms with Gasteiger partial charge in [-0.2, -0.15) is 0 Å². The maximum absolute atomic E-state index is 6.10. The number of hydrogen-bond donors (Lipinski definition) is 0. The van der Waals surface area contributed by atoms with Gasteiger partial charge in [0.05, 0.1) is 31.7 Å². The van der Waals surface area contributed by atoms with Gasteiger partial charge >= 0.3 is 0 Å². The first-order valence-electron chi connectivity index (χ1n) is 9.02. The number of furan rings is 1. The van der Waals surface area contributed by atoms with Crippen molar-refractivity contribution in [2.45, 2.75) is 44.2 Å². The fourth-order valence-corrected chi connectivity index (χ4v) is 4.17. The van der Waals surface area contributed by atoms with Crippen LogP contribution in [0, 0.1) is 11.8 Å². The van der Waals surface area contributed by atoms with E-state index in [0.717, 1.165) is 44.4 Å². The largest absolute Gasteiger partial charge is 0.472 e. The van der Waals surface area contributed by atoms with Crippen molar-refractivity contribution in [3.05, 3.63) is 35.9 Å². The van der Waals surface area contributed by atoms with E-state index in [1.165, 1.54) is 24.8 Å². The highest BCUT2D eigenvalue weighted by Gasteiger charge is 2.41. The lowest BCUT2D eigenvalue weighted by Crippen LogP contribution is -2.41. The Labute approximate surface area is 141 Å². The topological polar surface area (TPSA) is 64.5 Å². The van der Waals surface area contributed by atoms with Crippen molar-refractivity contribution in [2.24, 2.45) is 11.8 Å². The van der Waals surface area contributed by atoms with Crippen molar-refractivity contribution in [3.63, 3.8) is 0 Å². The second kappa shape index (κ2) is 6.01. The summed E-state index contributed by atoms with van der Waals surface area (Å²) in [5.41, 5.74) is 1.25. The number of likely N-dealkylation sites (tertiary alicyclic amines) is 1. The highest BCUT2D eigenvalue weighted by atomic mass is 16.5. The average molecular weight is 329 g/mol. The molecule has 0 aromatic carbocycles. The van der Waals surface area contributed by atoms with Crippen LogP contribution in [-0.2, 0) is 17.7 Å². The van der Waals surface area contributed by atoms with Gasteiger partial charge in [0.15, 0.2) is 0 Å². The summed E-state index contributed by atoms with van der Waals surface area (Å²) in [6, 6.07) is 2.05. The fraction of sp³-hybridized carbons (Fsp3) is 0.667. The number of hydrogen-bond acceptors (Lipinski definition) is 6. The van der Waals surface area contributed by atoms with Crippen LogP contribution in [0.5, 0.6) is 0 Å². The summed E-state index contributed by atoms with van der Waals surface area (Å²) in [7, 11) is 0. The zero-order chi connectivity index (χ0) is 15.9. The fourth-order valence-electron chi connectivity index (χ4n) is 4.17. The highest BCUT2D eigenvalue weighted by molar-refractivity contribution is 5.06. The Bertz CT molecular complexity index is 680. The molecule has 3 atom stereocenters. The van der Waals surface area contributed by atoms with E-state index in [-0.39, 0.29) is 6.10 Å². The first-order valence-corrected chi connectivity index (χ1v) is 9.02. The molecule has 0 amide bonds. The molecular weight excluding hydrogens is 306 g/mol. The minimum Gasteiger partial charge on any atom is -0.472 e. The molecule has 0 radical (unpaired) electrons. The number of nitrogens with zero attached hydrogens (tertiary/aromatic N) is 3. The van der Waals surface area contributed by atoms with Gasteiger partial charge in [0, 0.05) is 30.5 Å². The Morgan fingerprint density at radius 3 is 3.00 bits per heavy atom. The number of fused-ring (bicyclic) bond motifs is 1. The van der Waals surface area contributed by atoms with Crippen LogP contribution in [0.15, 0.2) is 27.4 Å². The van der Waals surface area contributed by atoms with Crippen LogP contribution in [0.3, 0.4) is 0 Å². The van der Waals surface area contributed by atoms with Gasteiger partial charge < -0.3 is 13.6 Å². The lowest BCUT2D eigenvalue weighted by Gasteiger charge is -2.35. The molecular formula is C18H23N3O3. The molecule has 1 aliphatic carbocycles. The lowest BCUT2D eigenvalue weighted by molar-refractivity contribution is 0.0793. The molecule has 5 rings (SSSR count). The van der Waals surface area contributed by atoms with Crippen LogP contribution < -0.4 is 0 Å². The summed E-state index contributed by atoms with van der Waals surface area (Å²) in [5, 5.41) is 8.41. The SMILES string of the molecule is c1cc(CN2CC[C@H]3[C@@H](CO[C@@H]3Cc3nnc(C4CC4)o3)C2)co1. The molecule has 0 bridgehead atoms. The first-order chi connectivity index (χ1) is 11.8. The Kier molecular flexibility index (Phi) is 3.67. The summed E-state index contributed by atoms with van der Waals surface area (Å²) < 4.78 is 17.1. The minimum atomic E-state index is 0.235. The van der Waals surface area contributed by atoms with E-state index >= 15 is 0 Å². The van der Waals surface area contributed by atoms with Crippen molar-refractivity contribution in [3.8, 4) is 0 Å². The summed E-state index contributed by atoms with van der Waals surface area (Å²) >= 11 is 0. The Balaban J connectivity index is 1.19. The average Bonchev–Trinajstić information content (AvgIpc) is 2.99. The number of ether oxygens (including phenoxy) is 1. The Morgan fingerprint density at radius 2 is 2.17 bits per heavy atom. The molecule has 2 saturated heterocycles.